The summed E-state index contributed by atoms with van der Waals surface area (Å²) in [5.41, 5.74) is 0.0457. The van der Waals surface area contributed by atoms with E-state index >= 15 is 0 Å². The van der Waals surface area contributed by atoms with Crippen LogP contribution in [0.2, 0.25) is 0 Å². The molecule has 1 aliphatic heterocycles. The van der Waals surface area contributed by atoms with E-state index in [0.717, 1.165) is 5.56 Å². The Morgan fingerprint density at radius 2 is 1.80 bits per heavy atom. The third kappa shape index (κ3) is 2.81. The first kappa shape index (κ1) is 15.3. The second kappa shape index (κ2) is 5.00. The third-order valence-electron chi connectivity index (χ3n) is 4.13. The zero-order valence-electron chi connectivity index (χ0n) is 13.1. The fourth-order valence-corrected chi connectivity index (χ4v) is 2.19. The number of hydrogen-bond donors (Lipinski definition) is 0. The van der Waals surface area contributed by atoms with Crippen molar-refractivity contribution in [3.8, 4) is 0 Å². The molecule has 1 saturated heterocycles. The van der Waals surface area contributed by atoms with Crippen LogP contribution in [0, 0.1) is 0 Å². The molecular weight excluding hydrogens is 255 g/mol. The van der Waals surface area contributed by atoms with Gasteiger partial charge in [0.15, 0.2) is 0 Å². The van der Waals surface area contributed by atoms with E-state index in [1.807, 2.05) is 47.7 Å². The van der Waals surface area contributed by atoms with Crippen molar-refractivity contribution >= 4 is 7.12 Å². The molecule has 0 saturated carbocycles. The van der Waals surface area contributed by atoms with E-state index in [0.29, 0.717) is 6.32 Å². The molecular formula is C14H23BN2O3. The van der Waals surface area contributed by atoms with Crippen molar-refractivity contribution in [1.82, 2.24) is 9.55 Å². The molecule has 110 valence electrons. The van der Waals surface area contributed by atoms with E-state index < -0.39 is 0 Å². The predicted molar refractivity (Wildman–Crippen MR) is 78.7 cm³/mol. The van der Waals surface area contributed by atoms with Gasteiger partial charge >= 0.3 is 12.8 Å². The molecule has 0 aromatic carbocycles. The number of hydrogen-bond acceptors (Lipinski definition) is 4. The van der Waals surface area contributed by atoms with Crippen LogP contribution in [-0.2, 0) is 15.6 Å². The van der Waals surface area contributed by atoms with Crippen LogP contribution >= 0.6 is 0 Å². The van der Waals surface area contributed by atoms with E-state index in [-0.39, 0.29) is 30.1 Å². The summed E-state index contributed by atoms with van der Waals surface area (Å²) in [4.78, 5) is 15.6. The second-order valence-electron chi connectivity index (χ2n) is 6.64. The molecule has 1 aromatic heterocycles. The Morgan fingerprint density at radius 1 is 1.25 bits per heavy atom. The van der Waals surface area contributed by atoms with Gasteiger partial charge in [0.05, 0.1) is 11.2 Å². The van der Waals surface area contributed by atoms with Crippen molar-refractivity contribution < 1.29 is 9.31 Å². The summed E-state index contributed by atoms with van der Waals surface area (Å²) >= 11 is 0. The van der Waals surface area contributed by atoms with Gasteiger partial charge in [-0.3, -0.25) is 4.57 Å². The first-order valence-corrected chi connectivity index (χ1v) is 7.05. The Balaban J connectivity index is 2.17. The topological polar surface area (TPSA) is 53.4 Å². The molecule has 1 fully saturated rings. The fraction of sp³-hybridized carbons (Fsp3) is 0.714. The molecule has 0 atom stereocenters. The van der Waals surface area contributed by atoms with Gasteiger partial charge in [-0.05, 0) is 47.1 Å². The lowest BCUT2D eigenvalue weighted by molar-refractivity contribution is 0.00578. The maximum atomic E-state index is 11.6. The van der Waals surface area contributed by atoms with Gasteiger partial charge in [0.2, 0.25) is 0 Å². The first-order chi connectivity index (χ1) is 9.12. The monoisotopic (exact) mass is 278 g/mol. The van der Waals surface area contributed by atoms with Crippen LogP contribution in [0.25, 0.3) is 0 Å². The van der Waals surface area contributed by atoms with Crippen molar-refractivity contribution in [1.29, 1.82) is 0 Å². The molecule has 0 spiro atoms. The summed E-state index contributed by atoms with van der Waals surface area (Å²) in [5.74, 6) is 0. The lowest BCUT2D eigenvalue weighted by atomic mass is 9.82. The highest BCUT2D eigenvalue weighted by Gasteiger charge is 2.50. The van der Waals surface area contributed by atoms with Crippen LogP contribution in [0.15, 0.2) is 17.2 Å². The molecule has 6 heteroatoms. The molecule has 0 N–H and O–H groups in total. The zero-order chi connectivity index (χ0) is 15.1. The van der Waals surface area contributed by atoms with Crippen molar-refractivity contribution in [3.05, 3.63) is 28.4 Å². The highest BCUT2D eigenvalue weighted by atomic mass is 16.7. The minimum atomic E-state index is -0.336. The predicted octanol–water partition coefficient (Wildman–Crippen LogP) is 2.00. The molecule has 0 amide bonds. The van der Waals surface area contributed by atoms with Crippen molar-refractivity contribution in [2.45, 2.75) is 65.1 Å². The fourth-order valence-electron chi connectivity index (χ4n) is 2.19. The smallest absolute Gasteiger partial charge is 0.403 e. The van der Waals surface area contributed by atoms with E-state index in [4.69, 9.17) is 9.31 Å². The molecule has 0 unspecified atom stereocenters. The summed E-state index contributed by atoms with van der Waals surface area (Å²) in [6, 6.07) is 0.0910. The summed E-state index contributed by atoms with van der Waals surface area (Å²) in [6.45, 7) is 12.0. The number of rotatable bonds is 3. The average Bonchev–Trinajstić information content (AvgIpc) is 2.49. The van der Waals surface area contributed by atoms with Crippen LogP contribution in [0.5, 0.6) is 0 Å². The molecule has 5 nitrogen and oxygen atoms in total. The molecule has 2 rings (SSSR count). The summed E-state index contributed by atoms with van der Waals surface area (Å²) in [7, 11) is -0.306. The minimum absolute atomic E-state index is 0.0910. The van der Waals surface area contributed by atoms with Gasteiger partial charge in [-0.25, -0.2) is 9.78 Å². The quantitative estimate of drug-likeness (QED) is 0.793. The Morgan fingerprint density at radius 3 is 2.30 bits per heavy atom. The standard InChI is InChI=1S/C14H23BN2O3/c1-10(2)17-9-11(8-16-12(17)18)7-15-19-13(3,4)14(5,6)20-15/h8-10H,7H2,1-6H3. The van der Waals surface area contributed by atoms with E-state index in [9.17, 15) is 4.79 Å². The van der Waals surface area contributed by atoms with Gasteiger partial charge in [-0.2, -0.15) is 0 Å². The molecule has 0 radical (unpaired) electrons. The van der Waals surface area contributed by atoms with Crippen molar-refractivity contribution in [3.63, 3.8) is 0 Å². The maximum Gasteiger partial charge on any atom is 0.462 e. The van der Waals surface area contributed by atoms with Gasteiger partial charge in [-0.1, -0.05) is 0 Å². The van der Waals surface area contributed by atoms with E-state index in [1.165, 1.54) is 0 Å². The van der Waals surface area contributed by atoms with Crippen molar-refractivity contribution in [2.24, 2.45) is 0 Å². The largest absolute Gasteiger partial charge is 0.462 e. The van der Waals surface area contributed by atoms with Gasteiger partial charge in [0.25, 0.3) is 0 Å². The highest BCUT2D eigenvalue weighted by Crippen LogP contribution is 2.37. The average molecular weight is 278 g/mol. The second-order valence-corrected chi connectivity index (χ2v) is 6.64. The summed E-state index contributed by atoms with van der Waals surface area (Å²) in [5, 5.41) is 0. The van der Waals surface area contributed by atoms with Crippen LogP contribution in [0.1, 0.15) is 53.1 Å². The van der Waals surface area contributed by atoms with Gasteiger partial charge < -0.3 is 9.31 Å². The normalized spacial score (nSPS) is 20.6. The molecule has 20 heavy (non-hydrogen) atoms. The molecule has 2 heterocycles. The van der Waals surface area contributed by atoms with Crippen LogP contribution in [0.4, 0.5) is 0 Å². The lowest BCUT2D eigenvalue weighted by Gasteiger charge is -2.32. The van der Waals surface area contributed by atoms with Crippen LogP contribution in [-0.4, -0.2) is 27.9 Å². The number of nitrogens with zero attached hydrogens (tertiary/aromatic N) is 2. The molecule has 0 bridgehead atoms. The maximum absolute atomic E-state index is 11.6. The molecule has 1 aliphatic rings. The Kier molecular flexibility index (Phi) is 3.82. The Bertz CT molecular complexity index is 536. The van der Waals surface area contributed by atoms with Crippen LogP contribution in [0.3, 0.4) is 0 Å². The Hall–Kier alpha value is -1.14. The van der Waals surface area contributed by atoms with E-state index in [2.05, 4.69) is 4.98 Å². The highest BCUT2D eigenvalue weighted by molar-refractivity contribution is 6.44. The lowest BCUT2D eigenvalue weighted by Crippen LogP contribution is -2.41. The Labute approximate surface area is 120 Å². The molecule has 0 aliphatic carbocycles. The minimum Gasteiger partial charge on any atom is -0.403 e. The van der Waals surface area contributed by atoms with Crippen molar-refractivity contribution in [2.75, 3.05) is 0 Å². The summed E-state index contributed by atoms with van der Waals surface area (Å²) < 4.78 is 13.5. The SMILES string of the molecule is CC(C)n1cc(CB2OC(C)(C)C(C)(C)O2)cnc1=O. The van der Waals surface area contributed by atoms with Gasteiger partial charge in [0, 0.05) is 24.8 Å². The third-order valence-corrected chi connectivity index (χ3v) is 4.13. The molecule has 1 aromatic rings. The van der Waals surface area contributed by atoms with Gasteiger partial charge in [-0.15, -0.1) is 0 Å². The van der Waals surface area contributed by atoms with Gasteiger partial charge in [0.1, 0.15) is 0 Å². The summed E-state index contributed by atoms with van der Waals surface area (Å²) in [6.07, 6.45) is 4.03. The number of aromatic nitrogens is 2. The van der Waals surface area contributed by atoms with E-state index in [1.54, 1.807) is 10.8 Å². The first-order valence-electron chi connectivity index (χ1n) is 7.05. The van der Waals surface area contributed by atoms with Crippen LogP contribution < -0.4 is 5.69 Å². The zero-order valence-corrected chi connectivity index (χ0v) is 13.1.